The van der Waals surface area contributed by atoms with Gasteiger partial charge < -0.3 is 10.4 Å². The largest absolute Gasteiger partial charge is 0.378 e. The van der Waals surface area contributed by atoms with E-state index < -0.39 is 12.0 Å². The van der Waals surface area contributed by atoms with Gasteiger partial charge in [-0.1, -0.05) is 60.7 Å². The molecule has 1 atom stereocenters. The molecule has 2 N–H and O–H groups in total. The molecule has 1 amide bonds. The molecular weight excluding hydrogens is 262 g/mol. The van der Waals surface area contributed by atoms with Crippen molar-refractivity contribution in [2.75, 3.05) is 5.32 Å². The Bertz CT molecular complexity index is 763. The molecule has 3 aromatic rings. The molecule has 1 unspecified atom stereocenters. The van der Waals surface area contributed by atoms with Crippen molar-refractivity contribution in [2.24, 2.45) is 0 Å². The Kier molecular flexibility index (Phi) is 3.67. The zero-order valence-electron chi connectivity index (χ0n) is 11.4. The highest BCUT2D eigenvalue weighted by molar-refractivity contribution is 5.98. The van der Waals surface area contributed by atoms with Crippen molar-refractivity contribution in [3.8, 4) is 0 Å². The summed E-state index contributed by atoms with van der Waals surface area (Å²) in [5.41, 5.74) is 1.28. The molecule has 0 aliphatic rings. The normalized spacial score (nSPS) is 12.0. The molecule has 3 heteroatoms. The Labute approximate surface area is 122 Å². The number of aliphatic hydroxyl groups is 1. The van der Waals surface area contributed by atoms with Crippen molar-refractivity contribution in [1.29, 1.82) is 0 Å². The summed E-state index contributed by atoms with van der Waals surface area (Å²) in [7, 11) is 0. The number of carbonyl (C=O) groups excluding carboxylic acids is 1. The van der Waals surface area contributed by atoms with E-state index in [4.69, 9.17) is 0 Å². The van der Waals surface area contributed by atoms with Crippen LogP contribution in [0.1, 0.15) is 11.7 Å². The third-order valence-electron chi connectivity index (χ3n) is 3.41. The van der Waals surface area contributed by atoms with Gasteiger partial charge in [0, 0.05) is 5.69 Å². The molecule has 0 aromatic heterocycles. The summed E-state index contributed by atoms with van der Waals surface area (Å²) >= 11 is 0. The van der Waals surface area contributed by atoms with Crippen LogP contribution >= 0.6 is 0 Å². The van der Waals surface area contributed by atoms with Crippen LogP contribution in [-0.2, 0) is 4.79 Å². The highest BCUT2D eigenvalue weighted by atomic mass is 16.3. The predicted octanol–water partition coefficient (Wildman–Crippen LogP) is 3.51. The first-order valence-corrected chi connectivity index (χ1v) is 6.77. The van der Waals surface area contributed by atoms with Crippen molar-refractivity contribution < 1.29 is 9.90 Å². The molecule has 0 aliphatic carbocycles. The molecule has 0 fully saturated rings. The van der Waals surface area contributed by atoms with Crippen molar-refractivity contribution in [2.45, 2.75) is 6.10 Å². The van der Waals surface area contributed by atoms with Gasteiger partial charge in [-0.15, -0.1) is 0 Å². The summed E-state index contributed by atoms with van der Waals surface area (Å²) in [6, 6.07) is 22.4. The zero-order valence-corrected chi connectivity index (χ0v) is 11.4. The predicted molar refractivity (Wildman–Crippen MR) is 84.0 cm³/mol. The molecule has 0 spiro atoms. The molecule has 0 saturated carbocycles. The van der Waals surface area contributed by atoms with Crippen LogP contribution in [0.3, 0.4) is 0 Å². The summed E-state index contributed by atoms with van der Waals surface area (Å²) in [6.45, 7) is 0. The van der Waals surface area contributed by atoms with Gasteiger partial charge in [0.2, 0.25) is 0 Å². The van der Waals surface area contributed by atoms with Crippen LogP contribution in [0, 0.1) is 0 Å². The monoisotopic (exact) mass is 277 g/mol. The molecule has 0 bridgehead atoms. The van der Waals surface area contributed by atoms with E-state index in [0.29, 0.717) is 11.3 Å². The van der Waals surface area contributed by atoms with Crippen molar-refractivity contribution in [3.05, 3.63) is 78.4 Å². The number of rotatable bonds is 3. The molecule has 0 heterocycles. The minimum Gasteiger partial charge on any atom is -0.378 e. The van der Waals surface area contributed by atoms with E-state index in [1.165, 1.54) is 0 Å². The number of carbonyl (C=O) groups is 1. The summed E-state index contributed by atoms with van der Waals surface area (Å²) in [6.07, 6.45) is -1.20. The molecule has 104 valence electrons. The molecule has 0 radical (unpaired) electrons. The maximum atomic E-state index is 12.2. The Morgan fingerprint density at radius 2 is 1.52 bits per heavy atom. The first-order chi connectivity index (χ1) is 10.3. The Hall–Kier alpha value is -2.65. The van der Waals surface area contributed by atoms with Crippen molar-refractivity contribution in [3.63, 3.8) is 0 Å². The number of hydrogen-bond acceptors (Lipinski definition) is 2. The van der Waals surface area contributed by atoms with Gasteiger partial charge in [-0.25, -0.2) is 0 Å². The molecule has 3 nitrogen and oxygen atoms in total. The lowest BCUT2D eigenvalue weighted by Crippen LogP contribution is -2.20. The first kappa shape index (κ1) is 13.3. The average Bonchev–Trinajstić information content (AvgIpc) is 2.54. The van der Waals surface area contributed by atoms with Crippen LogP contribution in [0.5, 0.6) is 0 Å². The quantitative estimate of drug-likeness (QED) is 0.769. The van der Waals surface area contributed by atoms with Gasteiger partial charge in [-0.3, -0.25) is 4.79 Å². The van der Waals surface area contributed by atoms with E-state index in [-0.39, 0.29) is 0 Å². The summed E-state index contributed by atoms with van der Waals surface area (Å²) < 4.78 is 0. The standard InChI is InChI=1S/C18H15NO2/c20-17(18(21)19-14-9-2-1-3-10-14)16-12-6-8-13-7-4-5-11-15(13)16/h1-12,17,20H,(H,19,21). The lowest BCUT2D eigenvalue weighted by Gasteiger charge is -2.14. The number of nitrogens with one attached hydrogen (secondary N) is 1. The minimum absolute atomic E-state index is 0.433. The second kappa shape index (κ2) is 5.77. The van der Waals surface area contributed by atoms with E-state index in [9.17, 15) is 9.90 Å². The van der Waals surface area contributed by atoms with Crippen molar-refractivity contribution in [1.82, 2.24) is 0 Å². The van der Waals surface area contributed by atoms with Crippen LogP contribution in [0.2, 0.25) is 0 Å². The van der Waals surface area contributed by atoms with Gasteiger partial charge in [0.15, 0.2) is 6.10 Å². The van der Waals surface area contributed by atoms with Gasteiger partial charge in [0.05, 0.1) is 0 Å². The second-order valence-corrected chi connectivity index (χ2v) is 4.83. The number of fused-ring (bicyclic) bond motifs is 1. The molecule has 3 aromatic carbocycles. The Balaban J connectivity index is 1.90. The number of hydrogen-bond donors (Lipinski definition) is 2. The highest BCUT2D eigenvalue weighted by Crippen LogP contribution is 2.25. The van der Waals surface area contributed by atoms with Gasteiger partial charge in [-0.05, 0) is 28.5 Å². The minimum atomic E-state index is -1.20. The number of amides is 1. The van der Waals surface area contributed by atoms with Crippen LogP contribution in [0.15, 0.2) is 72.8 Å². The third-order valence-corrected chi connectivity index (χ3v) is 3.41. The van der Waals surface area contributed by atoms with Crippen LogP contribution < -0.4 is 5.32 Å². The molecule has 0 saturated heterocycles. The van der Waals surface area contributed by atoms with E-state index >= 15 is 0 Å². The van der Waals surface area contributed by atoms with Crippen LogP contribution in [-0.4, -0.2) is 11.0 Å². The molecule has 0 aliphatic heterocycles. The van der Waals surface area contributed by atoms with E-state index in [2.05, 4.69) is 5.32 Å². The number of aliphatic hydroxyl groups excluding tert-OH is 1. The number of benzene rings is 3. The van der Waals surface area contributed by atoms with E-state index in [1.807, 2.05) is 54.6 Å². The van der Waals surface area contributed by atoms with Gasteiger partial charge >= 0.3 is 0 Å². The lowest BCUT2D eigenvalue weighted by molar-refractivity contribution is -0.124. The van der Waals surface area contributed by atoms with Gasteiger partial charge in [0.25, 0.3) is 5.91 Å². The molecule has 3 rings (SSSR count). The van der Waals surface area contributed by atoms with E-state index in [1.54, 1.807) is 18.2 Å². The van der Waals surface area contributed by atoms with E-state index in [0.717, 1.165) is 10.8 Å². The number of para-hydroxylation sites is 1. The maximum Gasteiger partial charge on any atom is 0.257 e. The Morgan fingerprint density at radius 3 is 2.33 bits per heavy atom. The second-order valence-electron chi connectivity index (χ2n) is 4.83. The lowest BCUT2D eigenvalue weighted by atomic mass is 10.00. The van der Waals surface area contributed by atoms with Gasteiger partial charge in [-0.2, -0.15) is 0 Å². The van der Waals surface area contributed by atoms with Crippen LogP contribution in [0.4, 0.5) is 5.69 Å². The SMILES string of the molecule is O=C(Nc1ccccc1)C(O)c1cccc2ccccc12. The summed E-state index contributed by atoms with van der Waals surface area (Å²) in [5.74, 6) is -0.433. The highest BCUT2D eigenvalue weighted by Gasteiger charge is 2.19. The van der Waals surface area contributed by atoms with Crippen LogP contribution in [0.25, 0.3) is 10.8 Å². The first-order valence-electron chi connectivity index (χ1n) is 6.77. The molecular formula is C18H15NO2. The third kappa shape index (κ3) is 2.78. The van der Waals surface area contributed by atoms with Crippen molar-refractivity contribution >= 4 is 22.4 Å². The fourth-order valence-electron chi connectivity index (χ4n) is 2.36. The summed E-state index contributed by atoms with van der Waals surface area (Å²) in [5, 5.41) is 14.9. The van der Waals surface area contributed by atoms with Gasteiger partial charge in [0.1, 0.15) is 0 Å². The fraction of sp³-hybridized carbons (Fsp3) is 0.0556. The molecule has 21 heavy (non-hydrogen) atoms. The fourth-order valence-corrected chi connectivity index (χ4v) is 2.36. The Morgan fingerprint density at radius 1 is 0.857 bits per heavy atom. The summed E-state index contributed by atoms with van der Waals surface area (Å²) in [4.78, 5) is 12.2. The smallest absolute Gasteiger partial charge is 0.257 e. The maximum absolute atomic E-state index is 12.2. The topological polar surface area (TPSA) is 49.3 Å². The number of anilines is 1. The average molecular weight is 277 g/mol. The zero-order chi connectivity index (χ0) is 14.7.